The maximum atomic E-state index is 12.6. The Morgan fingerprint density at radius 2 is 1.81 bits per heavy atom. The minimum Gasteiger partial charge on any atom is -0.492 e. The number of hydrogen-bond acceptors (Lipinski definition) is 7. The van der Waals surface area contributed by atoms with E-state index in [0.717, 1.165) is 57.3 Å². The zero-order valence-electron chi connectivity index (χ0n) is 17.8. The van der Waals surface area contributed by atoms with Crippen molar-refractivity contribution in [3.63, 3.8) is 0 Å². The van der Waals surface area contributed by atoms with Gasteiger partial charge in [-0.3, -0.25) is 4.90 Å². The number of ether oxygens (including phenoxy) is 2. The third-order valence-corrected chi connectivity index (χ3v) is 5.52. The number of morpholine rings is 1. The summed E-state index contributed by atoms with van der Waals surface area (Å²) in [5.74, 6) is 1.55. The summed E-state index contributed by atoms with van der Waals surface area (Å²) < 4.78 is 11.3. The number of urea groups is 1. The molecule has 2 aliphatic rings. The molecule has 0 radical (unpaired) electrons. The van der Waals surface area contributed by atoms with E-state index in [1.807, 2.05) is 29.2 Å². The fraction of sp³-hybridized carbons (Fsp3) is 0.500. The Labute approximate surface area is 183 Å². The van der Waals surface area contributed by atoms with Crippen LogP contribution in [0.2, 0.25) is 0 Å². The molecular weight excluding hydrogens is 396 g/mol. The molecular formula is C22H30N6O3. The molecule has 0 spiro atoms. The predicted octanol–water partition coefficient (Wildman–Crippen LogP) is 1.22. The molecule has 9 nitrogen and oxygen atoms in total. The van der Waals surface area contributed by atoms with Gasteiger partial charge in [0.25, 0.3) is 0 Å². The standard InChI is InChI=1S/C22H30N6O3/c29-22(28-9-7-27(8-10-28)21-23-5-2-6-24-21)25-18-19-3-1-4-20(17-19)31-16-13-26-11-14-30-15-12-26/h1-6,17H,7-16,18H2,(H,25,29). The van der Waals surface area contributed by atoms with Crippen molar-refractivity contribution in [1.29, 1.82) is 0 Å². The van der Waals surface area contributed by atoms with Crippen molar-refractivity contribution < 1.29 is 14.3 Å². The number of carbonyl (C=O) groups is 1. The number of nitrogens with zero attached hydrogens (tertiary/aromatic N) is 5. The van der Waals surface area contributed by atoms with E-state index in [9.17, 15) is 4.79 Å². The molecule has 9 heteroatoms. The minimum absolute atomic E-state index is 0.0488. The average molecular weight is 427 g/mol. The Hall–Kier alpha value is -2.91. The van der Waals surface area contributed by atoms with Crippen molar-refractivity contribution in [1.82, 2.24) is 25.1 Å². The van der Waals surface area contributed by atoms with Crippen LogP contribution >= 0.6 is 0 Å². The number of benzene rings is 1. The maximum absolute atomic E-state index is 12.6. The molecule has 2 amide bonds. The van der Waals surface area contributed by atoms with Crippen molar-refractivity contribution in [2.75, 3.05) is 70.5 Å². The molecule has 1 aromatic heterocycles. The Bertz CT molecular complexity index is 823. The molecule has 0 aliphatic carbocycles. The summed E-state index contributed by atoms with van der Waals surface area (Å²) in [6.45, 7) is 8.27. The molecule has 0 bridgehead atoms. The largest absolute Gasteiger partial charge is 0.492 e. The topological polar surface area (TPSA) is 83.1 Å². The zero-order valence-corrected chi connectivity index (χ0v) is 17.8. The van der Waals surface area contributed by atoms with Crippen molar-refractivity contribution in [2.45, 2.75) is 6.54 Å². The normalized spacial score (nSPS) is 17.4. The molecule has 2 saturated heterocycles. The Morgan fingerprint density at radius 3 is 2.58 bits per heavy atom. The van der Waals surface area contributed by atoms with Crippen LogP contribution in [0.4, 0.5) is 10.7 Å². The number of piperazine rings is 1. The number of anilines is 1. The maximum Gasteiger partial charge on any atom is 0.317 e. The van der Waals surface area contributed by atoms with Crippen molar-refractivity contribution in [3.8, 4) is 5.75 Å². The third kappa shape index (κ3) is 6.28. The van der Waals surface area contributed by atoms with Crippen LogP contribution in [0.5, 0.6) is 5.75 Å². The SMILES string of the molecule is O=C(NCc1cccc(OCCN2CCOCC2)c1)N1CCN(c2ncccn2)CC1. The van der Waals surface area contributed by atoms with Gasteiger partial charge in [-0.25, -0.2) is 14.8 Å². The van der Waals surface area contributed by atoms with E-state index in [1.54, 1.807) is 18.5 Å². The lowest BCUT2D eigenvalue weighted by Gasteiger charge is -2.34. The molecule has 1 N–H and O–H groups in total. The molecule has 166 valence electrons. The van der Waals surface area contributed by atoms with Crippen molar-refractivity contribution in [3.05, 3.63) is 48.3 Å². The summed E-state index contributed by atoms with van der Waals surface area (Å²) in [5.41, 5.74) is 1.02. The highest BCUT2D eigenvalue weighted by Crippen LogP contribution is 2.14. The molecule has 0 atom stereocenters. The second-order valence-corrected chi connectivity index (χ2v) is 7.63. The minimum atomic E-state index is -0.0488. The highest BCUT2D eigenvalue weighted by atomic mass is 16.5. The van der Waals surface area contributed by atoms with Crippen LogP contribution in [-0.2, 0) is 11.3 Å². The summed E-state index contributed by atoms with van der Waals surface area (Å²) in [7, 11) is 0. The zero-order chi connectivity index (χ0) is 21.3. The second-order valence-electron chi connectivity index (χ2n) is 7.63. The third-order valence-electron chi connectivity index (χ3n) is 5.52. The highest BCUT2D eigenvalue weighted by Gasteiger charge is 2.22. The fourth-order valence-electron chi connectivity index (χ4n) is 3.72. The van der Waals surface area contributed by atoms with Gasteiger partial charge in [0.1, 0.15) is 12.4 Å². The number of nitrogens with one attached hydrogen (secondary N) is 1. The monoisotopic (exact) mass is 426 g/mol. The second kappa shape index (κ2) is 10.9. The van der Waals surface area contributed by atoms with Crippen LogP contribution in [0.15, 0.2) is 42.7 Å². The predicted molar refractivity (Wildman–Crippen MR) is 117 cm³/mol. The average Bonchev–Trinajstić information content (AvgIpc) is 2.84. The summed E-state index contributed by atoms with van der Waals surface area (Å²) in [4.78, 5) is 27.4. The molecule has 2 aromatic rings. The van der Waals surface area contributed by atoms with E-state index >= 15 is 0 Å². The van der Waals surface area contributed by atoms with E-state index < -0.39 is 0 Å². The highest BCUT2D eigenvalue weighted by molar-refractivity contribution is 5.74. The van der Waals surface area contributed by atoms with Crippen LogP contribution in [0.1, 0.15) is 5.56 Å². The van der Waals surface area contributed by atoms with Crippen LogP contribution < -0.4 is 15.0 Å². The Morgan fingerprint density at radius 1 is 1.03 bits per heavy atom. The first-order valence-electron chi connectivity index (χ1n) is 10.8. The number of hydrogen-bond donors (Lipinski definition) is 1. The number of carbonyl (C=O) groups excluding carboxylic acids is 1. The van der Waals surface area contributed by atoms with E-state index in [0.29, 0.717) is 32.2 Å². The quantitative estimate of drug-likeness (QED) is 0.713. The molecule has 4 rings (SSSR count). The molecule has 0 saturated carbocycles. The summed E-state index contributed by atoms with van der Waals surface area (Å²) >= 11 is 0. The lowest BCUT2D eigenvalue weighted by atomic mass is 10.2. The number of aromatic nitrogens is 2. The van der Waals surface area contributed by atoms with Crippen LogP contribution in [0.3, 0.4) is 0 Å². The van der Waals surface area contributed by atoms with Crippen molar-refractivity contribution in [2.24, 2.45) is 0 Å². The first-order valence-corrected chi connectivity index (χ1v) is 10.8. The molecule has 2 aliphatic heterocycles. The van der Waals surface area contributed by atoms with Crippen LogP contribution in [0, 0.1) is 0 Å². The molecule has 0 unspecified atom stereocenters. The van der Waals surface area contributed by atoms with Gasteiger partial charge in [0, 0.05) is 64.8 Å². The number of rotatable bonds is 7. The van der Waals surface area contributed by atoms with E-state index in [1.165, 1.54) is 0 Å². The molecule has 1 aromatic carbocycles. The smallest absolute Gasteiger partial charge is 0.317 e. The molecule has 31 heavy (non-hydrogen) atoms. The first-order chi connectivity index (χ1) is 15.3. The fourth-order valence-corrected chi connectivity index (χ4v) is 3.72. The molecule has 3 heterocycles. The lowest BCUT2D eigenvalue weighted by Crippen LogP contribution is -2.52. The number of amides is 2. The van der Waals surface area contributed by atoms with Crippen LogP contribution in [-0.4, -0.2) is 91.4 Å². The summed E-state index contributed by atoms with van der Waals surface area (Å²) in [5, 5.41) is 3.02. The lowest BCUT2D eigenvalue weighted by molar-refractivity contribution is 0.0322. The van der Waals surface area contributed by atoms with Gasteiger partial charge in [-0.2, -0.15) is 0 Å². The van der Waals surface area contributed by atoms with E-state index in [-0.39, 0.29) is 6.03 Å². The van der Waals surface area contributed by atoms with Gasteiger partial charge in [0.05, 0.1) is 13.2 Å². The first kappa shape index (κ1) is 21.3. The summed E-state index contributed by atoms with van der Waals surface area (Å²) in [6, 6.07) is 9.66. The van der Waals surface area contributed by atoms with Gasteiger partial charge < -0.3 is 24.6 Å². The Balaban J connectivity index is 1.18. The van der Waals surface area contributed by atoms with Gasteiger partial charge in [0.15, 0.2) is 0 Å². The Kier molecular flexibility index (Phi) is 7.51. The van der Waals surface area contributed by atoms with Crippen molar-refractivity contribution >= 4 is 12.0 Å². The van der Waals surface area contributed by atoms with Gasteiger partial charge in [-0.15, -0.1) is 0 Å². The van der Waals surface area contributed by atoms with Gasteiger partial charge >= 0.3 is 6.03 Å². The van der Waals surface area contributed by atoms with Gasteiger partial charge in [0.2, 0.25) is 5.95 Å². The summed E-state index contributed by atoms with van der Waals surface area (Å²) in [6.07, 6.45) is 3.48. The van der Waals surface area contributed by atoms with E-state index in [2.05, 4.69) is 25.1 Å². The van der Waals surface area contributed by atoms with Gasteiger partial charge in [-0.05, 0) is 23.8 Å². The van der Waals surface area contributed by atoms with Crippen LogP contribution in [0.25, 0.3) is 0 Å². The molecule has 2 fully saturated rings. The van der Waals surface area contributed by atoms with Gasteiger partial charge in [-0.1, -0.05) is 12.1 Å². The van der Waals surface area contributed by atoms with E-state index in [4.69, 9.17) is 9.47 Å².